The molecule has 0 fully saturated rings. The van der Waals surface area contributed by atoms with Crippen LogP contribution in [0, 0.1) is 0 Å². The molecule has 0 saturated carbocycles. The second kappa shape index (κ2) is 10.9. The van der Waals surface area contributed by atoms with Crippen molar-refractivity contribution in [1.29, 1.82) is 0 Å². The lowest BCUT2D eigenvalue weighted by atomic mass is 10.1. The molecule has 0 bridgehead atoms. The van der Waals surface area contributed by atoms with Crippen LogP contribution in [-0.4, -0.2) is 36.1 Å². The summed E-state index contributed by atoms with van der Waals surface area (Å²) in [6, 6.07) is 15.2. The summed E-state index contributed by atoms with van der Waals surface area (Å²) in [7, 11) is 0. The molecular weight excluding hydrogens is 444 g/mol. The van der Waals surface area contributed by atoms with E-state index < -0.39 is 5.91 Å². The number of carbonyl (C=O) groups is 1. The zero-order chi connectivity index (χ0) is 24.6. The Labute approximate surface area is 201 Å². The van der Waals surface area contributed by atoms with Crippen LogP contribution in [0.25, 0.3) is 17.1 Å². The van der Waals surface area contributed by atoms with Gasteiger partial charge in [-0.1, -0.05) is 48.7 Å². The van der Waals surface area contributed by atoms with Gasteiger partial charge >= 0.3 is 0 Å². The predicted octanol–water partition coefficient (Wildman–Crippen LogP) is 4.14. The SMILES string of the molecule is C=CC=C(C=C)Oc1ccc(CC(c2nc3ccccc3[nH]2)n2cc(C=CC(=O)NO)nn2)cc1. The average Bonchev–Trinajstić information content (AvgIpc) is 3.53. The van der Waals surface area contributed by atoms with Gasteiger partial charge in [0.25, 0.3) is 5.91 Å². The van der Waals surface area contributed by atoms with E-state index in [0.29, 0.717) is 23.6 Å². The average molecular weight is 469 g/mol. The third kappa shape index (κ3) is 5.79. The number of benzene rings is 2. The third-order valence-corrected chi connectivity index (χ3v) is 5.16. The van der Waals surface area contributed by atoms with E-state index in [2.05, 4.69) is 28.5 Å². The molecule has 9 nitrogen and oxygen atoms in total. The van der Waals surface area contributed by atoms with Gasteiger partial charge in [0.15, 0.2) is 0 Å². The zero-order valence-corrected chi connectivity index (χ0v) is 18.8. The number of aromatic amines is 1. The van der Waals surface area contributed by atoms with Crippen LogP contribution in [-0.2, 0) is 11.2 Å². The summed E-state index contributed by atoms with van der Waals surface area (Å²) in [5.74, 6) is 1.35. The molecule has 0 aliphatic heterocycles. The Kier molecular flexibility index (Phi) is 7.29. The highest BCUT2D eigenvalue weighted by molar-refractivity contribution is 5.90. The molecule has 0 radical (unpaired) electrons. The van der Waals surface area contributed by atoms with Crippen molar-refractivity contribution < 1.29 is 14.7 Å². The molecule has 2 aromatic heterocycles. The van der Waals surface area contributed by atoms with E-state index in [-0.39, 0.29) is 6.04 Å². The summed E-state index contributed by atoms with van der Waals surface area (Å²) < 4.78 is 7.50. The normalized spacial score (nSPS) is 12.5. The summed E-state index contributed by atoms with van der Waals surface area (Å²) in [5.41, 5.74) is 4.81. The highest BCUT2D eigenvalue weighted by Gasteiger charge is 2.20. The number of amides is 1. The zero-order valence-electron chi connectivity index (χ0n) is 18.8. The number of para-hydroxylation sites is 2. The van der Waals surface area contributed by atoms with Crippen molar-refractivity contribution in [3.05, 3.63) is 115 Å². The number of rotatable bonds is 10. The van der Waals surface area contributed by atoms with E-state index in [9.17, 15) is 4.79 Å². The molecule has 1 atom stereocenters. The fourth-order valence-electron chi connectivity index (χ4n) is 3.48. The summed E-state index contributed by atoms with van der Waals surface area (Å²) in [5, 5.41) is 17.0. The van der Waals surface area contributed by atoms with E-state index in [1.165, 1.54) is 12.2 Å². The van der Waals surface area contributed by atoms with Crippen LogP contribution in [0.3, 0.4) is 0 Å². The monoisotopic (exact) mass is 468 g/mol. The first-order valence-corrected chi connectivity index (χ1v) is 10.8. The Morgan fingerprint density at radius 3 is 2.71 bits per heavy atom. The van der Waals surface area contributed by atoms with Gasteiger partial charge in [-0.2, -0.15) is 0 Å². The lowest BCUT2D eigenvalue weighted by Gasteiger charge is -2.15. The number of allylic oxidation sites excluding steroid dienone is 3. The Bertz CT molecular complexity index is 1360. The molecule has 0 spiro atoms. The predicted molar refractivity (Wildman–Crippen MR) is 132 cm³/mol. The van der Waals surface area contributed by atoms with Crippen LogP contribution in [0.4, 0.5) is 0 Å². The van der Waals surface area contributed by atoms with Crippen molar-refractivity contribution in [3.63, 3.8) is 0 Å². The van der Waals surface area contributed by atoms with Gasteiger partial charge in [0.05, 0.1) is 17.2 Å². The fourth-order valence-corrected chi connectivity index (χ4v) is 3.48. The smallest absolute Gasteiger partial charge is 0.267 e. The van der Waals surface area contributed by atoms with Crippen LogP contribution < -0.4 is 10.2 Å². The van der Waals surface area contributed by atoms with Crippen LogP contribution in [0.2, 0.25) is 0 Å². The second-order valence-corrected chi connectivity index (χ2v) is 7.55. The number of nitrogens with one attached hydrogen (secondary N) is 2. The summed E-state index contributed by atoms with van der Waals surface area (Å²) in [4.78, 5) is 19.4. The van der Waals surface area contributed by atoms with Gasteiger partial charge < -0.3 is 9.72 Å². The molecule has 4 aromatic rings. The molecule has 1 amide bonds. The van der Waals surface area contributed by atoms with Crippen LogP contribution in [0.15, 0.2) is 97.9 Å². The number of carbonyl (C=O) groups excluding carboxylic acids is 1. The first-order valence-electron chi connectivity index (χ1n) is 10.8. The number of aromatic nitrogens is 5. The number of hydroxylamine groups is 1. The molecular formula is C26H24N6O3. The van der Waals surface area contributed by atoms with Crippen LogP contribution >= 0.6 is 0 Å². The topological polar surface area (TPSA) is 118 Å². The Balaban J connectivity index is 1.62. The highest BCUT2D eigenvalue weighted by Crippen LogP contribution is 2.25. The number of imidazole rings is 1. The number of H-pyrrole nitrogens is 1. The molecule has 35 heavy (non-hydrogen) atoms. The minimum absolute atomic E-state index is 0.292. The second-order valence-electron chi connectivity index (χ2n) is 7.55. The maximum atomic E-state index is 11.3. The molecule has 0 aliphatic rings. The minimum Gasteiger partial charge on any atom is -0.457 e. The molecule has 9 heteroatoms. The summed E-state index contributed by atoms with van der Waals surface area (Å²) in [6.07, 6.45) is 9.91. The van der Waals surface area contributed by atoms with E-state index in [1.54, 1.807) is 34.6 Å². The van der Waals surface area contributed by atoms with E-state index in [0.717, 1.165) is 22.4 Å². The molecule has 0 aliphatic carbocycles. The molecule has 0 saturated heterocycles. The number of fused-ring (bicyclic) bond motifs is 1. The van der Waals surface area contributed by atoms with Gasteiger partial charge in [-0.15, -0.1) is 5.10 Å². The fraction of sp³-hybridized carbons (Fsp3) is 0.0769. The van der Waals surface area contributed by atoms with Crippen molar-refractivity contribution in [3.8, 4) is 5.75 Å². The quantitative estimate of drug-likeness (QED) is 0.106. The lowest BCUT2D eigenvalue weighted by molar-refractivity contribution is -0.124. The Morgan fingerprint density at radius 2 is 2.00 bits per heavy atom. The number of nitrogens with zero attached hydrogens (tertiary/aromatic N) is 4. The summed E-state index contributed by atoms with van der Waals surface area (Å²) in [6.45, 7) is 7.42. The number of hydrogen-bond acceptors (Lipinski definition) is 6. The van der Waals surface area contributed by atoms with Crippen LogP contribution in [0.5, 0.6) is 5.75 Å². The van der Waals surface area contributed by atoms with Crippen molar-refractivity contribution in [2.45, 2.75) is 12.5 Å². The van der Waals surface area contributed by atoms with E-state index in [4.69, 9.17) is 14.9 Å². The maximum Gasteiger partial charge on any atom is 0.267 e. The molecule has 176 valence electrons. The molecule has 1 unspecified atom stereocenters. The van der Waals surface area contributed by atoms with E-state index >= 15 is 0 Å². The number of ether oxygens (including phenoxy) is 1. The van der Waals surface area contributed by atoms with Gasteiger partial charge in [0.2, 0.25) is 0 Å². The maximum absolute atomic E-state index is 11.3. The van der Waals surface area contributed by atoms with Gasteiger partial charge in [-0.3, -0.25) is 10.0 Å². The number of hydrogen-bond donors (Lipinski definition) is 3. The molecule has 4 rings (SSSR count). The first kappa shape index (κ1) is 23.4. The van der Waals surface area contributed by atoms with Gasteiger partial charge in [0, 0.05) is 12.5 Å². The van der Waals surface area contributed by atoms with Gasteiger partial charge in [-0.05, 0) is 48.1 Å². The molecule has 3 N–H and O–H groups in total. The van der Waals surface area contributed by atoms with Crippen molar-refractivity contribution >= 4 is 23.0 Å². The van der Waals surface area contributed by atoms with Crippen LogP contribution in [0.1, 0.15) is 23.1 Å². The summed E-state index contributed by atoms with van der Waals surface area (Å²) >= 11 is 0. The van der Waals surface area contributed by atoms with Crippen molar-refractivity contribution in [2.24, 2.45) is 0 Å². The van der Waals surface area contributed by atoms with Crippen molar-refractivity contribution in [2.75, 3.05) is 0 Å². The highest BCUT2D eigenvalue weighted by atomic mass is 16.5. The Hall–Kier alpha value is -4.76. The first-order chi connectivity index (χ1) is 17.1. The third-order valence-electron chi connectivity index (χ3n) is 5.16. The largest absolute Gasteiger partial charge is 0.457 e. The standard InChI is InChI=1S/C26H24N6O3/c1-3-7-20(4-2)35-21-13-10-18(11-14-21)16-24(26-27-22-8-5-6-9-23(22)28-26)32-17-19(29-31-32)12-15-25(33)30-34/h3-15,17,24,34H,1-2,16H2,(H,27,28)(H,30,33). The lowest BCUT2D eigenvalue weighted by Crippen LogP contribution is -2.16. The molecule has 2 aromatic carbocycles. The van der Waals surface area contributed by atoms with Gasteiger partial charge in [-0.25, -0.2) is 15.1 Å². The van der Waals surface area contributed by atoms with Gasteiger partial charge in [0.1, 0.15) is 29.1 Å². The van der Waals surface area contributed by atoms with E-state index in [1.807, 2.05) is 48.5 Å². The molecule has 2 heterocycles. The minimum atomic E-state index is -0.654. The Morgan fingerprint density at radius 1 is 1.20 bits per heavy atom. The van der Waals surface area contributed by atoms with Crippen molar-refractivity contribution in [1.82, 2.24) is 30.4 Å².